The first-order valence-electron chi connectivity index (χ1n) is 5.33. The number of aromatic nitrogens is 1. The highest BCUT2D eigenvalue weighted by atomic mass is 79.9. The zero-order valence-electron chi connectivity index (χ0n) is 9.50. The predicted octanol–water partition coefficient (Wildman–Crippen LogP) is 3.33. The van der Waals surface area contributed by atoms with Crippen molar-refractivity contribution < 1.29 is 0 Å². The molecule has 15 heavy (non-hydrogen) atoms. The lowest BCUT2D eigenvalue weighted by molar-refractivity contribution is 0.194. The first kappa shape index (κ1) is 10.9. The Labute approximate surface area is 99.8 Å². The molecule has 1 saturated heterocycles. The maximum atomic E-state index is 4.37. The lowest BCUT2D eigenvalue weighted by Gasteiger charge is -2.47. The molecule has 0 radical (unpaired) electrons. The summed E-state index contributed by atoms with van der Waals surface area (Å²) in [5, 5.41) is 0. The van der Waals surface area contributed by atoms with Crippen molar-refractivity contribution in [3.63, 3.8) is 0 Å². The Hall–Kier alpha value is -0.570. The summed E-state index contributed by atoms with van der Waals surface area (Å²) in [7, 11) is 0. The zero-order chi connectivity index (χ0) is 11.1. The second-order valence-corrected chi connectivity index (χ2v) is 6.22. The Balaban J connectivity index is 2.00. The third kappa shape index (κ3) is 2.33. The summed E-state index contributed by atoms with van der Waals surface area (Å²) in [5.41, 5.74) is 0.419. The van der Waals surface area contributed by atoms with Gasteiger partial charge < -0.3 is 4.90 Å². The smallest absolute Gasteiger partial charge is 0.129 e. The van der Waals surface area contributed by atoms with Crippen molar-refractivity contribution in [1.82, 2.24) is 4.98 Å². The van der Waals surface area contributed by atoms with Crippen LogP contribution < -0.4 is 4.90 Å². The average Bonchev–Trinajstić information content (AvgIpc) is 1.97. The minimum Gasteiger partial charge on any atom is -0.356 e. The molecular formula is C12H17BrN2. The van der Waals surface area contributed by atoms with Crippen molar-refractivity contribution in [2.24, 2.45) is 11.3 Å². The Bertz CT molecular complexity index is 351. The molecular weight excluding hydrogens is 252 g/mol. The summed E-state index contributed by atoms with van der Waals surface area (Å²) < 4.78 is 1.10. The van der Waals surface area contributed by atoms with Crippen LogP contribution in [-0.4, -0.2) is 18.1 Å². The van der Waals surface area contributed by atoms with Crippen LogP contribution in [0.4, 0.5) is 5.82 Å². The highest BCUT2D eigenvalue weighted by Gasteiger charge is 2.36. The van der Waals surface area contributed by atoms with Crippen LogP contribution in [0.5, 0.6) is 0 Å². The Morgan fingerprint density at radius 1 is 1.40 bits per heavy atom. The van der Waals surface area contributed by atoms with E-state index in [0.717, 1.165) is 29.3 Å². The zero-order valence-corrected chi connectivity index (χ0v) is 11.1. The van der Waals surface area contributed by atoms with E-state index in [1.165, 1.54) is 0 Å². The molecule has 0 aromatic carbocycles. The van der Waals surface area contributed by atoms with Gasteiger partial charge >= 0.3 is 0 Å². The number of hydrogen-bond acceptors (Lipinski definition) is 2. The number of pyridine rings is 1. The minimum atomic E-state index is 0.419. The van der Waals surface area contributed by atoms with Gasteiger partial charge in [-0.25, -0.2) is 4.98 Å². The molecule has 0 atom stereocenters. The van der Waals surface area contributed by atoms with Gasteiger partial charge in [-0.15, -0.1) is 0 Å². The second-order valence-electron chi connectivity index (χ2n) is 5.30. The molecule has 2 nitrogen and oxygen atoms in total. The molecule has 1 aromatic rings. The van der Waals surface area contributed by atoms with E-state index in [-0.39, 0.29) is 0 Å². The normalized spacial score (nSPS) is 17.7. The van der Waals surface area contributed by atoms with E-state index in [1.54, 1.807) is 0 Å². The topological polar surface area (TPSA) is 16.1 Å². The van der Waals surface area contributed by atoms with Crippen molar-refractivity contribution in [2.75, 3.05) is 18.0 Å². The quantitative estimate of drug-likeness (QED) is 0.777. The maximum absolute atomic E-state index is 4.37. The summed E-state index contributed by atoms with van der Waals surface area (Å²) >= 11 is 3.47. The number of anilines is 1. The predicted molar refractivity (Wildman–Crippen MR) is 67.1 cm³/mol. The number of rotatable bonds is 1. The van der Waals surface area contributed by atoms with E-state index in [4.69, 9.17) is 0 Å². The molecule has 2 heterocycles. The first-order valence-corrected chi connectivity index (χ1v) is 6.12. The fourth-order valence-corrected chi connectivity index (χ4v) is 2.10. The fraction of sp³-hybridized carbons (Fsp3) is 0.583. The van der Waals surface area contributed by atoms with Crippen molar-refractivity contribution >= 4 is 21.7 Å². The Kier molecular flexibility index (Phi) is 2.75. The lowest BCUT2D eigenvalue weighted by atomic mass is 9.76. The molecule has 1 aliphatic rings. The van der Waals surface area contributed by atoms with Gasteiger partial charge in [0, 0.05) is 23.8 Å². The molecule has 0 amide bonds. The monoisotopic (exact) mass is 268 g/mol. The first-order chi connectivity index (χ1) is 6.97. The average molecular weight is 269 g/mol. The molecule has 0 bridgehead atoms. The van der Waals surface area contributed by atoms with Gasteiger partial charge in [-0.2, -0.15) is 0 Å². The molecule has 0 aliphatic carbocycles. The maximum Gasteiger partial charge on any atom is 0.129 e. The number of nitrogens with zero attached hydrogens (tertiary/aromatic N) is 2. The van der Waals surface area contributed by atoms with Crippen LogP contribution in [0.2, 0.25) is 0 Å². The van der Waals surface area contributed by atoms with Gasteiger partial charge in [0.1, 0.15) is 5.82 Å². The molecule has 82 valence electrons. The molecule has 1 fully saturated rings. The minimum absolute atomic E-state index is 0.419. The van der Waals surface area contributed by atoms with Crippen molar-refractivity contribution in [3.05, 3.63) is 22.8 Å². The standard InChI is InChI=1S/C12H17BrN2/c1-12(2,3)9-7-15(8-9)11-6-10(13)4-5-14-11/h4-6,9H,7-8H2,1-3H3. The van der Waals surface area contributed by atoms with Gasteiger partial charge in [-0.3, -0.25) is 0 Å². The van der Waals surface area contributed by atoms with Gasteiger partial charge in [-0.05, 0) is 23.5 Å². The van der Waals surface area contributed by atoms with Gasteiger partial charge in [0.2, 0.25) is 0 Å². The summed E-state index contributed by atoms with van der Waals surface area (Å²) in [4.78, 5) is 6.71. The van der Waals surface area contributed by atoms with Crippen LogP contribution in [0.3, 0.4) is 0 Å². The highest BCUT2D eigenvalue weighted by Crippen LogP contribution is 2.35. The molecule has 1 aliphatic heterocycles. The van der Waals surface area contributed by atoms with Crippen LogP contribution in [0.15, 0.2) is 22.8 Å². The molecule has 1 aromatic heterocycles. The molecule has 0 unspecified atom stereocenters. The van der Waals surface area contributed by atoms with Crippen LogP contribution in [0.25, 0.3) is 0 Å². The SMILES string of the molecule is CC(C)(C)C1CN(c2cc(Br)ccn2)C1. The summed E-state index contributed by atoms with van der Waals surface area (Å²) in [6, 6.07) is 4.05. The van der Waals surface area contributed by atoms with Gasteiger partial charge in [0.15, 0.2) is 0 Å². The van der Waals surface area contributed by atoms with E-state index in [1.807, 2.05) is 12.3 Å². The lowest BCUT2D eigenvalue weighted by Crippen LogP contribution is -2.52. The number of hydrogen-bond donors (Lipinski definition) is 0. The van der Waals surface area contributed by atoms with E-state index >= 15 is 0 Å². The van der Waals surface area contributed by atoms with Crippen LogP contribution in [-0.2, 0) is 0 Å². The second kappa shape index (κ2) is 3.78. The highest BCUT2D eigenvalue weighted by molar-refractivity contribution is 9.10. The Morgan fingerprint density at radius 2 is 2.07 bits per heavy atom. The molecule has 2 rings (SSSR count). The third-order valence-electron chi connectivity index (χ3n) is 3.14. The van der Waals surface area contributed by atoms with Crippen molar-refractivity contribution in [2.45, 2.75) is 20.8 Å². The van der Waals surface area contributed by atoms with Crippen molar-refractivity contribution in [3.8, 4) is 0 Å². The van der Waals surface area contributed by atoms with Crippen LogP contribution in [0, 0.1) is 11.3 Å². The van der Waals surface area contributed by atoms with Gasteiger partial charge in [-0.1, -0.05) is 36.7 Å². The van der Waals surface area contributed by atoms with Gasteiger partial charge in [0.25, 0.3) is 0 Å². The van der Waals surface area contributed by atoms with E-state index < -0.39 is 0 Å². The van der Waals surface area contributed by atoms with E-state index in [0.29, 0.717) is 5.41 Å². The van der Waals surface area contributed by atoms with Crippen LogP contribution >= 0.6 is 15.9 Å². The molecule has 0 spiro atoms. The third-order valence-corrected chi connectivity index (χ3v) is 3.63. The Morgan fingerprint density at radius 3 is 2.60 bits per heavy atom. The number of halogens is 1. The van der Waals surface area contributed by atoms with E-state index in [9.17, 15) is 0 Å². The summed E-state index contributed by atoms with van der Waals surface area (Å²) in [6.07, 6.45) is 1.85. The van der Waals surface area contributed by atoms with Crippen molar-refractivity contribution in [1.29, 1.82) is 0 Å². The largest absolute Gasteiger partial charge is 0.356 e. The van der Waals surface area contributed by atoms with Gasteiger partial charge in [0.05, 0.1) is 0 Å². The summed E-state index contributed by atoms with van der Waals surface area (Å²) in [6.45, 7) is 9.19. The molecule has 3 heteroatoms. The van der Waals surface area contributed by atoms with Crippen LogP contribution in [0.1, 0.15) is 20.8 Å². The molecule has 0 saturated carbocycles. The molecule has 0 N–H and O–H groups in total. The fourth-order valence-electron chi connectivity index (χ4n) is 1.78. The van der Waals surface area contributed by atoms with E-state index in [2.05, 4.69) is 52.7 Å². The summed E-state index contributed by atoms with van der Waals surface area (Å²) in [5.74, 6) is 1.88.